The Morgan fingerprint density at radius 1 is 1.23 bits per heavy atom. The van der Waals surface area contributed by atoms with E-state index in [9.17, 15) is 4.79 Å². The van der Waals surface area contributed by atoms with Gasteiger partial charge in [-0.2, -0.15) is 16.3 Å². The molecular formula is C14H18N6OS. The van der Waals surface area contributed by atoms with Crippen molar-refractivity contribution in [2.24, 2.45) is 5.92 Å². The summed E-state index contributed by atoms with van der Waals surface area (Å²) in [5, 5.41) is 12.6. The zero-order valence-electron chi connectivity index (χ0n) is 12.5. The molecule has 0 spiro atoms. The third kappa shape index (κ3) is 2.31. The van der Waals surface area contributed by atoms with Crippen LogP contribution in [0.3, 0.4) is 0 Å². The minimum absolute atomic E-state index is 0.114. The molecule has 0 bridgehead atoms. The molecule has 0 aliphatic carbocycles. The standard InChI is InChI=1S/C14H18N6OS/c1-10-15-16-12-2-3-13(17-20(10)12)19-8-11(9-19)14(21)18-4-6-22-7-5-18/h2-3,11H,4-9H2,1H3. The highest BCUT2D eigenvalue weighted by Crippen LogP contribution is 2.25. The van der Waals surface area contributed by atoms with Gasteiger partial charge in [-0.15, -0.1) is 15.3 Å². The Morgan fingerprint density at radius 2 is 2.00 bits per heavy atom. The number of amides is 1. The Hall–Kier alpha value is -1.83. The Labute approximate surface area is 132 Å². The van der Waals surface area contributed by atoms with Gasteiger partial charge in [-0.3, -0.25) is 4.79 Å². The monoisotopic (exact) mass is 318 g/mol. The number of aryl methyl sites for hydroxylation is 1. The number of thioether (sulfide) groups is 1. The fourth-order valence-electron chi connectivity index (χ4n) is 2.92. The quantitative estimate of drug-likeness (QED) is 0.801. The van der Waals surface area contributed by atoms with Gasteiger partial charge in [0.05, 0.1) is 5.92 Å². The van der Waals surface area contributed by atoms with E-state index in [-0.39, 0.29) is 5.92 Å². The van der Waals surface area contributed by atoms with Crippen LogP contribution in [0.5, 0.6) is 0 Å². The number of rotatable bonds is 2. The second-order valence-corrected chi connectivity index (χ2v) is 6.97. The SMILES string of the molecule is Cc1nnc2ccc(N3CC(C(=O)N4CCSCC4)C3)nn12. The predicted octanol–water partition coefficient (Wildman–Crippen LogP) is 0.444. The lowest BCUT2D eigenvalue weighted by molar-refractivity contribution is -0.135. The lowest BCUT2D eigenvalue weighted by atomic mass is 9.98. The largest absolute Gasteiger partial charge is 0.353 e. The number of carbonyl (C=O) groups excluding carboxylic acids is 1. The maximum absolute atomic E-state index is 12.4. The molecular weight excluding hydrogens is 300 g/mol. The summed E-state index contributed by atoms with van der Waals surface area (Å²) in [6.07, 6.45) is 0. The van der Waals surface area contributed by atoms with E-state index in [1.165, 1.54) is 0 Å². The first-order valence-electron chi connectivity index (χ1n) is 7.53. The molecule has 1 amide bonds. The summed E-state index contributed by atoms with van der Waals surface area (Å²) in [5.41, 5.74) is 0.750. The molecule has 4 heterocycles. The summed E-state index contributed by atoms with van der Waals surface area (Å²) in [5.74, 6) is 4.20. The first-order chi connectivity index (χ1) is 10.7. The molecule has 0 N–H and O–H groups in total. The van der Waals surface area contributed by atoms with Crippen LogP contribution in [0.15, 0.2) is 12.1 Å². The zero-order chi connectivity index (χ0) is 15.1. The highest BCUT2D eigenvalue weighted by atomic mass is 32.2. The fraction of sp³-hybridized carbons (Fsp3) is 0.571. The molecule has 2 fully saturated rings. The van der Waals surface area contributed by atoms with Gasteiger partial charge in [0.2, 0.25) is 5.91 Å². The predicted molar refractivity (Wildman–Crippen MR) is 85.1 cm³/mol. The maximum atomic E-state index is 12.4. The van der Waals surface area contributed by atoms with Crippen LogP contribution in [-0.2, 0) is 4.79 Å². The van der Waals surface area contributed by atoms with Gasteiger partial charge in [-0.1, -0.05) is 0 Å². The molecule has 0 atom stereocenters. The summed E-state index contributed by atoms with van der Waals surface area (Å²) in [6, 6.07) is 3.86. The van der Waals surface area contributed by atoms with Crippen LogP contribution in [0.2, 0.25) is 0 Å². The summed E-state index contributed by atoms with van der Waals surface area (Å²) >= 11 is 1.93. The van der Waals surface area contributed by atoms with E-state index < -0.39 is 0 Å². The summed E-state index contributed by atoms with van der Waals surface area (Å²) in [7, 11) is 0. The van der Waals surface area contributed by atoms with Gasteiger partial charge in [-0.05, 0) is 19.1 Å². The summed E-state index contributed by atoms with van der Waals surface area (Å²) in [6.45, 7) is 5.17. The minimum atomic E-state index is 0.114. The van der Waals surface area contributed by atoms with Crippen molar-refractivity contribution in [1.82, 2.24) is 24.7 Å². The summed E-state index contributed by atoms with van der Waals surface area (Å²) in [4.78, 5) is 16.6. The molecule has 2 aliphatic rings. The average molecular weight is 318 g/mol. The van der Waals surface area contributed by atoms with Crippen molar-refractivity contribution < 1.29 is 4.79 Å². The highest BCUT2D eigenvalue weighted by Gasteiger charge is 2.36. The fourth-order valence-corrected chi connectivity index (χ4v) is 3.82. The molecule has 22 heavy (non-hydrogen) atoms. The number of anilines is 1. The van der Waals surface area contributed by atoms with E-state index in [1.54, 1.807) is 4.52 Å². The Morgan fingerprint density at radius 3 is 2.77 bits per heavy atom. The normalized spacial score (nSPS) is 19.5. The molecule has 2 aliphatic heterocycles. The Balaban J connectivity index is 1.43. The minimum Gasteiger partial charge on any atom is -0.353 e. The number of fused-ring (bicyclic) bond motifs is 1. The van der Waals surface area contributed by atoms with E-state index in [1.807, 2.05) is 35.7 Å². The van der Waals surface area contributed by atoms with E-state index in [4.69, 9.17) is 0 Å². The smallest absolute Gasteiger partial charge is 0.229 e. The van der Waals surface area contributed by atoms with Crippen LogP contribution in [0.4, 0.5) is 5.82 Å². The van der Waals surface area contributed by atoms with Crippen LogP contribution >= 0.6 is 11.8 Å². The third-order valence-electron chi connectivity index (χ3n) is 4.28. The van der Waals surface area contributed by atoms with Crippen LogP contribution in [-0.4, -0.2) is 68.3 Å². The van der Waals surface area contributed by atoms with Gasteiger partial charge in [0.1, 0.15) is 5.82 Å². The van der Waals surface area contributed by atoms with E-state index in [0.29, 0.717) is 5.91 Å². The van der Waals surface area contributed by atoms with Crippen molar-refractivity contribution in [3.05, 3.63) is 18.0 Å². The number of nitrogens with zero attached hydrogens (tertiary/aromatic N) is 6. The Kier molecular flexibility index (Phi) is 3.40. The molecule has 0 saturated carbocycles. The number of carbonyl (C=O) groups is 1. The number of aromatic nitrogens is 4. The van der Waals surface area contributed by atoms with Crippen molar-refractivity contribution in [2.75, 3.05) is 42.6 Å². The lowest BCUT2D eigenvalue weighted by Gasteiger charge is -2.41. The molecule has 0 radical (unpaired) electrons. The van der Waals surface area contributed by atoms with Crippen molar-refractivity contribution in [3.8, 4) is 0 Å². The molecule has 2 aromatic rings. The van der Waals surface area contributed by atoms with Gasteiger partial charge in [0, 0.05) is 37.7 Å². The van der Waals surface area contributed by atoms with Crippen LogP contribution in [0.1, 0.15) is 5.82 Å². The van der Waals surface area contributed by atoms with Crippen LogP contribution < -0.4 is 4.90 Å². The second kappa shape index (κ2) is 5.42. The molecule has 4 rings (SSSR count). The van der Waals surface area contributed by atoms with Crippen molar-refractivity contribution in [1.29, 1.82) is 0 Å². The van der Waals surface area contributed by atoms with Gasteiger partial charge in [0.25, 0.3) is 0 Å². The molecule has 2 aromatic heterocycles. The molecule has 8 heteroatoms. The summed E-state index contributed by atoms with van der Waals surface area (Å²) < 4.78 is 1.74. The van der Waals surface area contributed by atoms with Crippen LogP contribution in [0.25, 0.3) is 5.65 Å². The van der Waals surface area contributed by atoms with E-state index in [0.717, 1.165) is 55.0 Å². The van der Waals surface area contributed by atoms with E-state index >= 15 is 0 Å². The van der Waals surface area contributed by atoms with Crippen molar-refractivity contribution >= 4 is 29.1 Å². The van der Waals surface area contributed by atoms with Gasteiger partial charge >= 0.3 is 0 Å². The van der Waals surface area contributed by atoms with E-state index in [2.05, 4.69) is 20.2 Å². The Bertz CT molecular complexity index is 704. The first kappa shape index (κ1) is 13.8. The van der Waals surface area contributed by atoms with Crippen LogP contribution in [0, 0.1) is 12.8 Å². The first-order valence-corrected chi connectivity index (χ1v) is 8.68. The molecule has 7 nitrogen and oxygen atoms in total. The second-order valence-electron chi connectivity index (χ2n) is 5.75. The third-order valence-corrected chi connectivity index (χ3v) is 5.22. The van der Waals surface area contributed by atoms with Gasteiger partial charge in [0.15, 0.2) is 11.5 Å². The molecule has 2 saturated heterocycles. The van der Waals surface area contributed by atoms with Gasteiger partial charge in [-0.25, -0.2) is 0 Å². The number of hydrogen-bond acceptors (Lipinski definition) is 6. The van der Waals surface area contributed by atoms with Gasteiger partial charge < -0.3 is 9.80 Å². The maximum Gasteiger partial charge on any atom is 0.229 e. The van der Waals surface area contributed by atoms with Crippen molar-refractivity contribution in [2.45, 2.75) is 6.92 Å². The zero-order valence-corrected chi connectivity index (χ0v) is 13.3. The van der Waals surface area contributed by atoms with Crippen molar-refractivity contribution in [3.63, 3.8) is 0 Å². The average Bonchev–Trinajstić information content (AvgIpc) is 2.88. The lowest BCUT2D eigenvalue weighted by Crippen LogP contribution is -2.56. The topological polar surface area (TPSA) is 66.6 Å². The molecule has 116 valence electrons. The molecule has 0 unspecified atom stereocenters. The highest BCUT2D eigenvalue weighted by molar-refractivity contribution is 7.99. The number of hydrogen-bond donors (Lipinski definition) is 0. The molecule has 0 aromatic carbocycles.